The van der Waals surface area contributed by atoms with Gasteiger partial charge in [-0.25, -0.2) is 0 Å². The Bertz CT molecular complexity index is 15.6. The van der Waals surface area contributed by atoms with Crippen LogP contribution in [-0.2, 0) is 4.74 Å². The zero-order valence-corrected chi connectivity index (χ0v) is 5.96. The fourth-order valence-corrected chi connectivity index (χ4v) is 0.204. The molecule has 0 bridgehead atoms. The molecule has 0 saturated heterocycles. The Morgan fingerprint density at radius 2 is 1.43 bits per heavy atom. The van der Waals surface area contributed by atoms with Gasteiger partial charge in [-0.05, 0) is 13.8 Å². The maximum Gasteiger partial charge on any atom is 0.0437 e. The van der Waals surface area contributed by atoms with Gasteiger partial charge in [-0.15, -0.1) is 11.6 Å². The van der Waals surface area contributed by atoms with Crippen LogP contribution in [0.3, 0.4) is 0 Å². The largest absolute Gasteiger partial charge is 0.382 e. The van der Waals surface area contributed by atoms with Gasteiger partial charge in [-0.1, -0.05) is 0 Å². The highest BCUT2D eigenvalue weighted by molar-refractivity contribution is 6.15. The van der Waals surface area contributed by atoms with E-state index in [1.54, 1.807) is 0 Å². The predicted octanol–water partition coefficient (Wildman–Crippen LogP) is 1.90. The van der Waals surface area contributed by atoms with Crippen LogP contribution in [0.2, 0.25) is 0 Å². The van der Waals surface area contributed by atoms with Crippen LogP contribution >= 0.6 is 11.6 Å². The Kier molecular flexibility index (Phi) is 23.9. The van der Waals surface area contributed by atoms with E-state index >= 15 is 0 Å². The summed E-state index contributed by atoms with van der Waals surface area (Å²) in [5, 5.41) is 0. The van der Waals surface area contributed by atoms with E-state index in [4.69, 9.17) is 4.74 Å². The molecule has 0 aromatic rings. The number of hydrogen-bond acceptors (Lipinski definition) is 1. The number of rotatable bonds is 2. The molecule has 1 nitrogen and oxygen atoms in total. The van der Waals surface area contributed by atoms with Gasteiger partial charge < -0.3 is 4.74 Å². The van der Waals surface area contributed by atoms with Gasteiger partial charge >= 0.3 is 0 Å². The minimum atomic E-state index is 0.844. The van der Waals surface area contributed by atoms with Crippen molar-refractivity contribution in [1.29, 1.82) is 0 Å². The summed E-state index contributed by atoms with van der Waals surface area (Å²) in [5.74, 6) is 0. The van der Waals surface area contributed by atoms with Crippen molar-refractivity contribution >= 4 is 11.6 Å². The Morgan fingerprint density at radius 1 is 1.14 bits per heavy atom. The molecule has 0 radical (unpaired) electrons. The second kappa shape index (κ2) is 16.3. The summed E-state index contributed by atoms with van der Waals surface area (Å²) in [6.45, 7) is 5.67. The van der Waals surface area contributed by atoms with Crippen LogP contribution in [0.1, 0.15) is 13.8 Å². The Morgan fingerprint density at radius 3 is 1.43 bits per heavy atom. The lowest BCUT2D eigenvalue weighted by atomic mass is 10.8. The third kappa shape index (κ3) is 22.3. The van der Waals surface area contributed by atoms with Gasteiger partial charge in [0.05, 0.1) is 0 Å². The van der Waals surface area contributed by atoms with Crippen molar-refractivity contribution in [1.82, 2.24) is 0 Å². The quantitative estimate of drug-likeness (QED) is 0.511. The van der Waals surface area contributed by atoms with E-state index in [-0.39, 0.29) is 0 Å². The first-order valence-corrected chi connectivity index (χ1v) is 3.13. The van der Waals surface area contributed by atoms with Gasteiger partial charge in [0.25, 0.3) is 0 Å². The second-order valence-electron chi connectivity index (χ2n) is 0.781. The molecule has 0 aliphatic carbocycles. The van der Waals surface area contributed by atoms with Crippen molar-refractivity contribution in [3.8, 4) is 0 Å². The zero-order valence-electron chi connectivity index (χ0n) is 5.20. The Balaban J connectivity index is 0. The van der Waals surface area contributed by atoms with E-state index in [2.05, 4.69) is 11.6 Å². The molecule has 0 unspecified atom stereocenters. The van der Waals surface area contributed by atoms with Crippen LogP contribution in [0.15, 0.2) is 0 Å². The Labute approximate surface area is 50.6 Å². The molecule has 0 atom stereocenters. The van der Waals surface area contributed by atoms with Gasteiger partial charge in [0, 0.05) is 19.6 Å². The average molecular weight is 125 g/mol. The molecule has 0 heterocycles. The molecule has 0 aliphatic heterocycles. The number of halogens is 1. The first-order chi connectivity index (χ1) is 3.41. The lowest BCUT2D eigenvalue weighted by molar-refractivity contribution is 0.162. The Hall–Kier alpha value is 0.250. The third-order valence-corrected chi connectivity index (χ3v) is 0.408. The van der Waals surface area contributed by atoms with Gasteiger partial charge in [0.2, 0.25) is 0 Å². The summed E-state index contributed by atoms with van der Waals surface area (Å²) >= 11 is 4.64. The molecule has 0 spiro atoms. The fraction of sp³-hybridized carbons (Fsp3) is 1.00. The lowest BCUT2D eigenvalue weighted by Crippen LogP contribution is -1.84. The van der Waals surface area contributed by atoms with Crippen molar-refractivity contribution in [2.75, 3.05) is 19.6 Å². The molecule has 7 heavy (non-hydrogen) atoms. The van der Waals surface area contributed by atoms with E-state index in [9.17, 15) is 0 Å². The van der Waals surface area contributed by atoms with Gasteiger partial charge in [0.15, 0.2) is 0 Å². The van der Waals surface area contributed by atoms with Gasteiger partial charge in [-0.2, -0.15) is 0 Å². The first-order valence-electron chi connectivity index (χ1n) is 2.37. The molecule has 0 rings (SSSR count). The summed E-state index contributed by atoms with van der Waals surface area (Å²) in [6, 6.07) is 0. The lowest BCUT2D eigenvalue weighted by Gasteiger charge is -1.86. The fourth-order valence-electron chi connectivity index (χ4n) is 0.204. The van der Waals surface area contributed by atoms with Crippen LogP contribution < -0.4 is 0 Å². The van der Waals surface area contributed by atoms with E-state index < -0.39 is 0 Å². The van der Waals surface area contributed by atoms with Crippen LogP contribution in [0.25, 0.3) is 0 Å². The van der Waals surface area contributed by atoms with Gasteiger partial charge in [0.1, 0.15) is 0 Å². The van der Waals surface area contributed by atoms with Crippen LogP contribution in [0, 0.1) is 0 Å². The molecule has 46 valence electrons. The number of alkyl halides is 1. The summed E-state index contributed by atoms with van der Waals surface area (Å²) in [7, 11) is 0. The third-order valence-electron chi connectivity index (χ3n) is 0.408. The zero-order chi connectivity index (χ0) is 6.12. The normalized spacial score (nSPS) is 6.86. The maximum absolute atomic E-state index is 4.83. The monoisotopic (exact) mass is 124 g/mol. The second-order valence-corrected chi connectivity index (χ2v) is 0.781. The number of ether oxygens (including phenoxy) is 1. The van der Waals surface area contributed by atoms with Crippen LogP contribution in [-0.4, -0.2) is 19.6 Å². The molecule has 0 N–H and O–H groups in total. The molecular formula is C5H13ClO. The minimum absolute atomic E-state index is 0.844. The summed E-state index contributed by atoms with van der Waals surface area (Å²) in [4.78, 5) is 0. The SMILES string of the molecule is CCOCC.CCl. The topological polar surface area (TPSA) is 9.23 Å². The van der Waals surface area contributed by atoms with Gasteiger partial charge in [-0.3, -0.25) is 0 Å². The molecule has 0 aliphatic rings. The van der Waals surface area contributed by atoms with Crippen molar-refractivity contribution in [3.63, 3.8) is 0 Å². The summed E-state index contributed by atoms with van der Waals surface area (Å²) in [6.07, 6.45) is 1.47. The highest BCUT2D eigenvalue weighted by Crippen LogP contribution is 1.64. The van der Waals surface area contributed by atoms with Crippen molar-refractivity contribution in [3.05, 3.63) is 0 Å². The van der Waals surface area contributed by atoms with Crippen molar-refractivity contribution in [2.24, 2.45) is 0 Å². The average Bonchev–Trinajstić information content (AvgIpc) is 1.75. The number of hydrogen-bond donors (Lipinski definition) is 0. The molecule has 0 amide bonds. The summed E-state index contributed by atoms with van der Waals surface area (Å²) < 4.78 is 4.83. The maximum atomic E-state index is 4.83. The van der Waals surface area contributed by atoms with E-state index in [0.29, 0.717) is 0 Å². The van der Waals surface area contributed by atoms with Crippen molar-refractivity contribution in [2.45, 2.75) is 13.8 Å². The van der Waals surface area contributed by atoms with Crippen LogP contribution in [0.4, 0.5) is 0 Å². The highest BCUT2D eigenvalue weighted by atomic mass is 35.5. The molecule has 0 saturated carbocycles. The molecule has 0 fully saturated rings. The molecule has 0 aromatic carbocycles. The molecule has 0 aromatic heterocycles. The highest BCUT2D eigenvalue weighted by Gasteiger charge is 1.64. The van der Waals surface area contributed by atoms with Crippen LogP contribution in [0.5, 0.6) is 0 Å². The summed E-state index contributed by atoms with van der Waals surface area (Å²) in [5.41, 5.74) is 0. The van der Waals surface area contributed by atoms with E-state index in [1.807, 2.05) is 13.8 Å². The molecular weight excluding hydrogens is 112 g/mol. The van der Waals surface area contributed by atoms with E-state index in [1.165, 1.54) is 6.38 Å². The predicted molar refractivity (Wildman–Crippen MR) is 33.9 cm³/mol. The molecule has 2 heteroatoms. The first kappa shape index (κ1) is 10.3. The van der Waals surface area contributed by atoms with E-state index in [0.717, 1.165) is 13.2 Å². The standard InChI is InChI=1S/C4H10O.CH3Cl/c1-3-5-4-2;1-2/h3-4H2,1-2H3;1H3. The minimum Gasteiger partial charge on any atom is -0.382 e. The van der Waals surface area contributed by atoms with Crippen molar-refractivity contribution < 1.29 is 4.74 Å². The smallest absolute Gasteiger partial charge is 0.0437 e.